The third-order valence-electron chi connectivity index (χ3n) is 1.97. The summed E-state index contributed by atoms with van der Waals surface area (Å²) in [6.45, 7) is 6.96. The molecule has 0 fully saturated rings. The van der Waals surface area contributed by atoms with Gasteiger partial charge in [0, 0.05) is 4.47 Å². The number of amides is 1. The van der Waals surface area contributed by atoms with Gasteiger partial charge in [0.05, 0.1) is 10.9 Å². The fourth-order valence-electron chi connectivity index (χ4n) is 1.22. The highest BCUT2D eigenvalue weighted by molar-refractivity contribution is 9.10. The molecule has 1 heterocycles. The molecule has 0 aromatic carbocycles. The molecule has 1 aromatic rings. The van der Waals surface area contributed by atoms with Crippen LogP contribution in [0.3, 0.4) is 0 Å². The quantitative estimate of drug-likeness (QED) is 0.859. The lowest BCUT2D eigenvalue weighted by Crippen LogP contribution is -2.41. The van der Waals surface area contributed by atoms with Crippen LogP contribution in [-0.4, -0.2) is 23.5 Å². The Morgan fingerprint density at radius 1 is 1.44 bits per heavy atom. The van der Waals surface area contributed by atoms with Gasteiger partial charge in [-0.15, -0.1) is 11.3 Å². The SMILES string of the molecule is C[C@@H](NC(=O)OC(C)(C)C)C(=O)c1sccc1Br. The smallest absolute Gasteiger partial charge is 0.408 e. The van der Waals surface area contributed by atoms with Gasteiger partial charge in [0.25, 0.3) is 0 Å². The van der Waals surface area contributed by atoms with Crippen molar-refractivity contribution in [2.75, 3.05) is 0 Å². The summed E-state index contributed by atoms with van der Waals surface area (Å²) in [6.07, 6.45) is -0.587. The molecule has 0 radical (unpaired) electrons. The first-order valence-corrected chi connectivity index (χ1v) is 7.14. The molecule has 1 amide bonds. The van der Waals surface area contributed by atoms with Crippen LogP contribution in [0.1, 0.15) is 37.4 Å². The fraction of sp³-hybridized carbons (Fsp3) is 0.500. The average molecular weight is 334 g/mol. The van der Waals surface area contributed by atoms with E-state index in [0.29, 0.717) is 4.88 Å². The van der Waals surface area contributed by atoms with Gasteiger partial charge in [0.1, 0.15) is 5.60 Å². The Bertz CT molecular complexity index is 450. The van der Waals surface area contributed by atoms with Crippen LogP contribution in [0.2, 0.25) is 0 Å². The van der Waals surface area contributed by atoms with Crippen LogP contribution in [-0.2, 0) is 4.74 Å². The fourth-order valence-corrected chi connectivity index (χ4v) is 2.81. The first kappa shape index (κ1) is 15.2. The van der Waals surface area contributed by atoms with Crippen molar-refractivity contribution in [1.82, 2.24) is 5.32 Å². The van der Waals surface area contributed by atoms with Gasteiger partial charge in [-0.25, -0.2) is 4.79 Å². The van der Waals surface area contributed by atoms with E-state index in [0.717, 1.165) is 4.47 Å². The number of carbonyl (C=O) groups is 2. The van der Waals surface area contributed by atoms with Crippen LogP contribution in [0.15, 0.2) is 15.9 Å². The molecule has 1 aromatic heterocycles. The van der Waals surface area contributed by atoms with E-state index < -0.39 is 17.7 Å². The van der Waals surface area contributed by atoms with E-state index in [1.165, 1.54) is 11.3 Å². The third kappa shape index (κ3) is 4.42. The summed E-state index contributed by atoms with van der Waals surface area (Å²) in [7, 11) is 0. The maximum Gasteiger partial charge on any atom is 0.408 e. The summed E-state index contributed by atoms with van der Waals surface area (Å²) in [6, 6.07) is 1.19. The van der Waals surface area contributed by atoms with Crippen LogP contribution >= 0.6 is 27.3 Å². The number of nitrogens with one attached hydrogen (secondary N) is 1. The van der Waals surface area contributed by atoms with E-state index in [1.807, 2.05) is 5.38 Å². The topological polar surface area (TPSA) is 55.4 Å². The summed E-state index contributed by atoms with van der Waals surface area (Å²) in [5.41, 5.74) is -0.573. The lowest BCUT2D eigenvalue weighted by Gasteiger charge is -2.21. The number of Topliss-reactive ketones (excluding diaryl/α,β-unsaturated/α-hetero) is 1. The molecule has 100 valence electrons. The molecule has 4 nitrogen and oxygen atoms in total. The van der Waals surface area contributed by atoms with Gasteiger partial charge in [-0.3, -0.25) is 4.79 Å². The highest BCUT2D eigenvalue weighted by atomic mass is 79.9. The van der Waals surface area contributed by atoms with E-state index in [2.05, 4.69) is 21.2 Å². The number of ketones is 1. The Labute approximate surface area is 119 Å². The van der Waals surface area contributed by atoms with E-state index in [4.69, 9.17) is 4.74 Å². The largest absolute Gasteiger partial charge is 0.444 e. The Morgan fingerprint density at radius 3 is 2.50 bits per heavy atom. The molecule has 18 heavy (non-hydrogen) atoms. The number of hydrogen-bond donors (Lipinski definition) is 1. The number of thiophene rings is 1. The lowest BCUT2D eigenvalue weighted by molar-refractivity contribution is 0.0497. The first-order valence-electron chi connectivity index (χ1n) is 5.47. The van der Waals surface area contributed by atoms with Crippen LogP contribution in [0.5, 0.6) is 0 Å². The molecule has 0 spiro atoms. The van der Waals surface area contributed by atoms with Gasteiger partial charge in [-0.1, -0.05) is 0 Å². The maximum absolute atomic E-state index is 12.0. The number of carbonyl (C=O) groups excluding carboxylic acids is 2. The van der Waals surface area contributed by atoms with Crippen molar-refractivity contribution in [3.8, 4) is 0 Å². The molecule has 0 aliphatic rings. The van der Waals surface area contributed by atoms with E-state index in [1.54, 1.807) is 33.8 Å². The van der Waals surface area contributed by atoms with Crippen molar-refractivity contribution in [2.45, 2.75) is 39.3 Å². The summed E-state index contributed by atoms with van der Waals surface area (Å²) in [5, 5.41) is 4.34. The van der Waals surface area contributed by atoms with Crippen molar-refractivity contribution >= 4 is 39.1 Å². The Morgan fingerprint density at radius 2 is 2.06 bits per heavy atom. The van der Waals surface area contributed by atoms with Crippen LogP contribution in [0, 0.1) is 0 Å². The van der Waals surface area contributed by atoms with Gasteiger partial charge < -0.3 is 10.1 Å². The normalized spacial score (nSPS) is 12.9. The highest BCUT2D eigenvalue weighted by Gasteiger charge is 2.23. The van der Waals surface area contributed by atoms with Crippen LogP contribution in [0.25, 0.3) is 0 Å². The van der Waals surface area contributed by atoms with Crippen molar-refractivity contribution in [3.05, 3.63) is 20.8 Å². The summed E-state index contributed by atoms with van der Waals surface area (Å²) in [4.78, 5) is 24.2. The van der Waals surface area contributed by atoms with Crippen molar-refractivity contribution < 1.29 is 14.3 Å². The number of hydrogen-bond acceptors (Lipinski definition) is 4. The van der Waals surface area contributed by atoms with Gasteiger partial charge in [-0.05, 0) is 55.1 Å². The van der Waals surface area contributed by atoms with E-state index in [-0.39, 0.29) is 5.78 Å². The average Bonchev–Trinajstić information content (AvgIpc) is 2.60. The predicted molar refractivity (Wildman–Crippen MR) is 75.2 cm³/mol. The first-order chi connectivity index (χ1) is 8.20. The molecule has 1 N–H and O–H groups in total. The molecule has 1 rings (SSSR count). The minimum absolute atomic E-state index is 0.136. The van der Waals surface area contributed by atoms with Gasteiger partial charge in [-0.2, -0.15) is 0 Å². The number of ether oxygens (including phenoxy) is 1. The second-order valence-electron chi connectivity index (χ2n) is 4.83. The van der Waals surface area contributed by atoms with Gasteiger partial charge >= 0.3 is 6.09 Å². The molecule has 0 bridgehead atoms. The molecule has 6 heteroatoms. The molecule has 1 atom stereocenters. The minimum atomic E-state index is -0.616. The van der Waals surface area contributed by atoms with Gasteiger partial charge in [0.15, 0.2) is 5.78 Å². The zero-order valence-electron chi connectivity index (χ0n) is 10.7. The van der Waals surface area contributed by atoms with Crippen LogP contribution < -0.4 is 5.32 Å². The third-order valence-corrected chi connectivity index (χ3v) is 3.82. The molecular weight excluding hydrogens is 318 g/mol. The van der Waals surface area contributed by atoms with Crippen LogP contribution in [0.4, 0.5) is 4.79 Å². The molecule has 0 unspecified atom stereocenters. The number of alkyl carbamates (subject to hydrolysis) is 1. The molecule has 0 aliphatic carbocycles. The Hall–Kier alpha value is -0.880. The summed E-state index contributed by atoms with van der Waals surface area (Å²) in [5.74, 6) is -0.136. The van der Waals surface area contributed by atoms with Gasteiger partial charge in [0.2, 0.25) is 0 Å². The van der Waals surface area contributed by atoms with Crippen molar-refractivity contribution in [1.29, 1.82) is 0 Å². The maximum atomic E-state index is 12.0. The second kappa shape index (κ2) is 5.84. The second-order valence-corrected chi connectivity index (χ2v) is 6.60. The number of rotatable bonds is 3. The van der Waals surface area contributed by atoms with Crippen molar-refractivity contribution in [3.63, 3.8) is 0 Å². The standard InChI is InChI=1S/C12H16BrNO3S/c1-7(14-11(16)17-12(2,3)4)9(15)10-8(13)5-6-18-10/h5-7H,1-4H3,(H,14,16)/t7-/m1/s1. The summed E-state index contributed by atoms with van der Waals surface area (Å²) >= 11 is 4.63. The predicted octanol–water partition coefficient (Wildman–Crippen LogP) is 3.61. The van der Waals surface area contributed by atoms with E-state index in [9.17, 15) is 9.59 Å². The molecule has 0 aliphatic heterocycles. The minimum Gasteiger partial charge on any atom is -0.444 e. The molecular formula is C12H16BrNO3S. The monoisotopic (exact) mass is 333 g/mol. The zero-order chi connectivity index (χ0) is 13.9. The molecule has 0 saturated heterocycles. The summed E-state index contributed by atoms with van der Waals surface area (Å²) < 4.78 is 5.84. The van der Waals surface area contributed by atoms with Crippen molar-refractivity contribution in [2.24, 2.45) is 0 Å². The van der Waals surface area contributed by atoms with E-state index >= 15 is 0 Å². The molecule has 0 saturated carbocycles. The number of halogens is 1. The Kier molecular flexibility index (Phi) is 4.92. The lowest BCUT2D eigenvalue weighted by atomic mass is 10.2. The highest BCUT2D eigenvalue weighted by Crippen LogP contribution is 2.24. The zero-order valence-corrected chi connectivity index (χ0v) is 13.1. The Balaban J connectivity index is 2.61.